The molecule has 0 unspecified atom stereocenters. The predicted molar refractivity (Wildman–Crippen MR) is 144 cm³/mol. The van der Waals surface area contributed by atoms with E-state index in [0.29, 0.717) is 29.1 Å². The van der Waals surface area contributed by atoms with Gasteiger partial charge in [-0.15, -0.1) is 0 Å². The second-order valence-corrected chi connectivity index (χ2v) is 8.60. The lowest BCUT2D eigenvalue weighted by Crippen LogP contribution is -2.10. The van der Waals surface area contributed by atoms with Crippen LogP contribution in [0.1, 0.15) is 34.3 Å². The normalized spacial score (nSPS) is 11.3. The molecule has 0 aliphatic rings. The van der Waals surface area contributed by atoms with Gasteiger partial charge in [-0.05, 0) is 72.2 Å². The third kappa shape index (κ3) is 9.57. The quantitative estimate of drug-likeness (QED) is 0.0969. The Bertz CT molecular complexity index is 1340. The SMILES string of the molecule is COc1cc(/C=C/C(=O)OCCc2ccc(N)cc2N)ccc1OC(=O)c1ccc(OCCCC(F)(F)F)cc1. The van der Waals surface area contributed by atoms with Gasteiger partial charge in [0.05, 0.1) is 25.9 Å². The molecular formula is C29H29F3N2O6. The number of halogens is 3. The Morgan fingerprint density at radius 2 is 1.68 bits per heavy atom. The van der Waals surface area contributed by atoms with Crippen molar-refractivity contribution in [1.29, 1.82) is 0 Å². The second kappa shape index (κ2) is 13.9. The van der Waals surface area contributed by atoms with Gasteiger partial charge in [-0.3, -0.25) is 0 Å². The van der Waals surface area contributed by atoms with E-state index in [9.17, 15) is 22.8 Å². The number of alkyl halides is 3. The van der Waals surface area contributed by atoms with Crippen molar-refractivity contribution >= 4 is 29.4 Å². The van der Waals surface area contributed by atoms with E-state index >= 15 is 0 Å². The number of carbonyl (C=O) groups excluding carboxylic acids is 2. The molecule has 0 atom stereocenters. The highest BCUT2D eigenvalue weighted by Gasteiger charge is 2.26. The highest BCUT2D eigenvalue weighted by Crippen LogP contribution is 2.30. The van der Waals surface area contributed by atoms with Crippen LogP contribution in [-0.4, -0.2) is 38.4 Å². The van der Waals surface area contributed by atoms with Crippen LogP contribution in [0.15, 0.2) is 66.7 Å². The lowest BCUT2D eigenvalue weighted by Gasteiger charge is -2.11. The monoisotopic (exact) mass is 558 g/mol. The first-order valence-corrected chi connectivity index (χ1v) is 12.2. The van der Waals surface area contributed by atoms with Crippen LogP contribution in [0.5, 0.6) is 17.2 Å². The fraction of sp³-hybridized carbons (Fsp3) is 0.241. The maximum absolute atomic E-state index is 12.6. The molecule has 0 fully saturated rings. The van der Waals surface area contributed by atoms with Crippen molar-refractivity contribution in [2.24, 2.45) is 0 Å². The van der Waals surface area contributed by atoms with Crippen LogP contribution >= 0.6 is 0 Å². The number of ether oxygens (including phenoxy) is 4. The molecule has 0 heterocycles. The molecule has 0 aliphatic heterocycles. The van der Waals surface area contributed by atoms with Crippen molar-refractivity contribution in [3.63, 3.8) is 0 Å². The number of rotatable bonds is 12. The first kappa shape index (κ1) is 29.9. The number of anilines is 2. The van der Waals surface area contributed by atoms with Crippen molar-refractivity contribution in [1.82, 2.24) is 0 Å². The minimum absolute atomic E-state index is 0.0994. The minimum Gasteiger partial charge on any atom is -0.494 e. The number of hydrogen-bond acceptors (Lipinski definition) is 8. The molecule has 0 spiro atoms. The molecule has 3 rings (SSSR count). The Kier molecular flexibility index (Phi) is 10.4. The predicted octanol–water partition coefficient (Wildman–Crippen LogP) is 5.60. The number of hydrogen-bond donors (Lipinski definition) is 2. The molecule has 4 N–H and O–H groups in total. The fourth-order valence-corrected chi connectivity index (χ4v) is 3.50. The summed E-state index contributed by atoms with van der Waals surface area (Å²) in [4.78, 5) is 24.7. The van der Waals surface area contributed by atoms with Gasteiger partial charge in [0.25, 0.3) is 0 Å². The van der Waals surface area contributed by atoms with E-state index in [1.807, 2.05) is 0 Å². The lowest BCUT2D eigenvalue weighted by molar-refractivity contribution is -0.138. The molecule has 8 nitrogen and oxygen atoms in total. The van der Waals surface area contributed by atoms with Gasteiger partial charge >= 0.3 is 18.1 Å². The molecule has 3 aromatic rings. The van der Waals surface area contributed by atoms with Crippen LogP contribution in [0, 0.1) is 0 Å². The summed E-state index contributed by atoms with van der Waals surface area (Å²) < 4.78 is 57.9. The average Bonchev–Trinajstić information content (AvgIpc) is 2.91. The number of carbonyl (C=O) groups is 2. The Morgan fingerprint density at radius 1 is 0.925 bits per heavy atom. The zero-order chi connectivity index (χ0) is 29.1. The van der Waals surface area contributed by atoms with Gasteiger partial charge in [0.1, 0.15) is 5.75 Å². The largest absolute Gasteiger partial charge is 0.494 e. The van der Waals surface area contributed by atoms with Crippen molar-refractivity contribution in [3.05, 3.63) is 83.4 Å². The molecule has 0 aromatic heterocycles. The van der Waals surface area contributed by atoms with Crippen LogP contribution in [0.25, 0.3) is 6.08 Å². The molecule has 0 saturated carbocycles. The Hall–Kier alpha value is -4.67. The zero-order valence-corrected chi connectivity index (χ0v) is 21.7. The third-order valence-corrected chi connectivity index (χ3v) is 5.55. The Morgan fingerprint density at radius 3 is 2.35 bits per heavy atom. The maximum Gasteiger partial charge on any atom is 0.389 e. The highest BCUT2D eigenvalue weighted by molar-refractivity contribution is 5.91. The molecule has 0 amide bonds. The standard InChI is InChI=1S/C29H29F3N2O6/c1-37-26-17-19(4-12-27(35)39-16-13-20-5-8-22(33)18-24(20)34)3-11-25(26)40-28(36)21-6-9-23(10-7-21)38-15-2-14-29(30,31)32/h3-12,17-18H,2,13-16,33-34H2,1H3/b12-4+. The summed E-state index contributed by atoms with van der Waals surface area (Å²) in [6.45, 7) is 0.0401. The minimum atomic E-state index is -4.23. The smallest absolute Gasteiger partial charge is 0.389 e. The molecule has 0 aliphatic carbocycles. The molecule has 11 heteroatoms. The van der Waals surface area contributed by atoms with E-state index in [2.05, 4.69) is 0 Å². The summed E-state index contributed by atoms with van der Waals surface area (Å²) in [5, 5.41) is 0. The van der Waals surface area contributed by atoms with Crippen molar-refractivity contribution in [3.8, 4) is 17.2 Å². The van der Waals surface area contributed by atoms with Gasteiger partial charge in [-0.2, -0.15) is 13.2 Å². The Balaban J connectivity index is 1.51. The van der Waals surface area contributed by atoms with Crippen LogP contribution < -0.4 is 25.7 Å². The van der Waals surface area contributed by atoms with Gasteiger partial charge in [-0.25, -0.2) is 9.59 Å². The molecule has 0 radical (unpaired) electrons. The average molecular weight is 559 g/mol. The molecule has 40 heavy (non-hydrogen) atoms. The first-order chi connectivity index (χ1) is 19.0. The van der Waals surface area contributed by atoms with Crippen LogP contribution in [0.4, 0.5) is 24.5 Å². The number of esters is 2. The molecule has 3 aromatic carbocycles. The molecule has 212 valence electrons. The van der Waals surface area contributed by atoms with E-state index in [1.165, 1.54) is 49.6 Å². The molecule has 0 saturated heterocycles. The van der Waals surface area contributed by atoms with Gasteiger partial charge < -0.3 is 30.4 Å². The van der Waals surface area contributed by atoms with Gasteiger partial charge in [0, 0.05) is 30.3 Å². The number of benzene rings is 3. The maximum atomic E-state index is 12.6. The van der Waals surface area contributed by atoms with E-state index in [0.717, 1.165) is 5.56 Å². The summed E-state index contributed by atoms with van der Waals surface area (Å²) in [6, 6.07) is 15.7. The summed E-state index contributed by atoms with van der Waals surface area (Å²) in [7, 11) is 1.41. The summed E-state index contributed by atoms with van der Waals surface area (Å²) in [5.41, 5.74) is 14.3. The second-order valence-electron chi connectivity index (χ2n) is 8.60. The zero-order valence-electron chi connectivity index (χ0n) is 21.7. The van der Waals surface area contributed by atoms with E-state index in [-0.39, 0.29) is 36.7 Å². The number of nitrogens with two attached hydrogens (primary N) is 2. The number of nitrogen functional groups attached to an aromatic ring is 2. The fourth-order valence-electron chi connectivity index (χ4n) is 3.50. The highest BCUT2D eigenvalue weighted by atomic mass is 19.4. The Labute approximate surface area is 229 Å². The summed E-state index contributed by atoms with van der Waals surface area (Å²) in [5.74, 6) is -0.472. The summed E-state index contributed by atoms with van der Waals surface area (Å²) in [6.07, 6.45) is -2.09. The molecular weight excluding hydrogens is 529 g/mol. The van der Waals surface area contributed by atoms with Gasteiger partial charge in [0.2, 0.25) is 0 Å². The lowest BCUT2D eigenvalue weighted by atomic mass is 10.1. The van der Waals surface area contributed by atoms with E-state index < -0.39 is 24.5 Å². The number of methoxy groups -OCH3 is 1. The molecule has 0 bridgehead atoms. The summed E-state index contributed by atoms with van der Waals surface area (Å²) >= 11 is 0. The van der Waals surface area contributed by atoms with Crippen molar-refractivity contribution in [2.75, 3.05) is 31.8 Å². The van der Waals surface area contributed by atoms with Crippen molar-refractivity contribution < 1.29 is 41.7 Å². The van der Waals surface area contributed by atoms with Crippen LogP contribution in [0.3, 0.4) is 0 Å². The van der Waals surface area contributed by atoms with Gasteiger partial charge in [0.15, 0.2) is 11.5 Å². The van der Waals surface area contributed by atoms with Crippen LogP contribution in [-0.2, 0) is 16.0 Å². The van der Waals surface area contributed by atoms with Gasteiger partial charge in [-0.1, -0.05) is 12.1 Å². The van der Waals surface area contributed by atoms with E-state index in [1.54, 1.807) is 30.3 Å². The van der Waals surface area contributed by atoms with E-state index in [4.69, 9.17) is 30.4 Å². The van der Waals surface area contributed by atoms with Crippen LogP contribution in [0.2, 0.25) is 0 Å². The third-order valence-electron chi connectivity index (χ3n) is 5.55. The first-order valence-electron chi connectivity index (χ1n) is 12.2. The topological polar surface area (TPSA) is 123 Å². The van der Waals surface area contributed by atoms with Crippen molar-refractivity contribution in [2.45, 2.75) is 25.4 Å².